The molecule has 0 unspecified atom stereocenters. The molecule has 7 nitrogen and oxygen atoms in total. The second-order valence-corrected chi connectivity index (χ2v) is 7.25. The summed E-state index contributed by atoms with van der Waals surface area (Å²) in [4.78, 5) is 22.0. The average Bonchev–Trinajstić information content (AvgIpc) is 2.89. The maximum absolute atomic E-state index is 12.7. The van der Waals surface area contributed by atoms with Crippen molar-refractivity contribution >= 4 is 44.8 Å². The van der Waals surface area contributed by atoms with Crippen LogP contribution in [-0.4, -0.2) is 15.9 Å². The van der Waals surface area contributed by atoms with Gasteiger partial charge in [-0.15, -0.1) is 11.3 Å². The van der Waals surface area contributed by atoms with Crippen LogP contribution in [0.2, 0.25) is 0 Å². The Bertz CT molecular complexity index is 1060. The molecule has 5 N–H and O–H groups in total. The number of carbonyl (C=O) groups excluding carboxylic acids is 1. The molecule has 26 heavy (non-hydrogen) atoms. The second kappa shape index (κ2) is 6.61. The molecular formula is C18H18N6OS. The van der Waals surface area contributed by atoms with Crippen molar-refractivity contribution < 1.29 is 4.79 Å². The van der Waals surface area contributed by atoms with E-state index in [4.69, 9.17) is 11.5 Å². The van der Waals surface area contributed by atoms with Crippen molar-refractivity contribution in [1.82, 2.24) is 9.97 Å². The molecule has 0 saturated heterocycles. The first kappa shape index (κ1) is 17.6. The first-order valence-corrected chi connectivity index (χ1v) is 8.80. The smallest absolute Gasteiger partial charge is 0.269 e. The highest BCUT2D eigenvalue weighted by Crippen LogP contribution is 2.40. The summed E-state index contributed by atoms with van der Waals surface area (Å²) in [5.41, 5.74) is 14.5. The maximum atomic E-state index is 12.7. The third-order valence-corrected chi connectivity index (χ3v) is 5.09. The molecule has 0 atom stereocenters. The summed E-state index contributed by atoms with van der Waals surface area (Å²) in [5.74, 6) is 0.234. The van der Waals surface area contributed by atoms with Gasteiger partial charge in [-0.3, -0.25) is 4.79 Å². The van der Waals surface area contributed by atoms with E-state index in [0.717, 1.165) is 22.5 Å². The number of anilines is 3. The number of rotatable bonds is 3. The van der Waals surface area contributed by atoms with E-state index in [1.165, 1.54) is 0 Å². The summed E-state index contributed by atoms with van der Waals surface area (Å²) in [7, 11) is 0. The Hall–Kier alpha value is -3.18. The van der Waals surface area contributed by atoms with Crippen LogP contribution in [0.25, 0.3) is 10.2 Å². The van der Waals surface area contributed by atoms with Crippen molar-refractivity contribution in [1.29, 1.82) is 5.26 Å². The molecular weight excluding hydrogens is 348 g/mol. The van der Waals surface area contributed by atoms with Crippen LogP contribution in [0.5, 0.6) is 0 Å². The van der Waals surface area contributed by atoms with Crippen molar-refractivity contribution in [2.24, 2.45) is 0 Å². The van der Waals surface area contributed by atoms with Crippen LogP contribution in [-0.2, 0) is 0 Å². The van der Waals surface area contributed by atoms with Gasteiger partial charge in [0, 0.05) is 11.6 Å². The zero-order valence-corrected chi connectivity index (χ0v) is 15.4. The molecule has 0 aliphatic carbocycles. The number of nitrogens with zero attached hydrogens (tertiary/aromatic N) is 3. The van der Waals surface area contributed by atoms with E-state index in [2.05, 4.69) is 21.4 Å². The maximum Gasteiger partial charge on any atom is 0.269 e. The Morgan fingerprint density at radius 2 is 2.12 bits per heavy atom. The van der Waals surface area contributed by atoms with Crippen LogP contribution < -0.4 is 16.8 Å². The van der Waals surface area contributed by atoms with Gasteiger partial charge in [0.05, 0.1) is 11.3 Å². The number of nitrogens with one attached hydrogen (secondary N) is 1. The monoisotopic (exact) mass is 366 g/mol. The van der Waals surface area contributed by atoms with Crippen LogP contribution in [0.4, 0.5) is 17.3 Å². The normalized spacial score (nSPS) is 10.9. The summed E-state index contributed by atoms with van der Waals surface area (Å²) in [6, 6.07) is 5.71. The number of nitrogen functional groups attached to an aromatic ring is 2. The van der Waals surface area contributed by atoms with Crippen molar-refractivity contribution in [3.63, 3.8) is 0 Å². The van der Waals surface area contributed by atoms with Gasteiger partial charge in [-0.2, -0.15) is 5.26 Å². The lowest BCUT2D eigenvalue weighted by Crippen LogP contribution is -2.13. The third-order valence-electron chi connectivity index (χ3n) is 4.00. The van der Waals surface area contributed by atoms with Gasteiger partial charge < -0.3 is 16.8 Å². The van der Waals surface area contributed by atoms with Gasteiger partial charge in [-0.1, -0.05) is 13.8 Å². The Balaban J connectivity index is 2.14. The van der Waals surface area contributed by atoms with Gasteiger partial charge in [0.25, 0.3) is 5.91 Å². The Labute approximate surface area is 154 Å². The molecule has 3 aromatic heterocycles. The number of nitrogens with two attached hydrogens (primary N) is 2. The molecule has 3 aromatic rings. The predicted molar refractivity (Wildman–Crippen MR) is 104 cm³/mol. The fourth-order valence-corrected chi connectivity index (χ4v) is 3.85. The summed E-state index contributed by atoms with van der Waals surface area (Å²) in [5, 5.41) is 12.8. The minimum absolute atomic E-state index is 0.00343. The number of nitriles is 1. The molecule has 0 aliphatic rings. The molecule has 3 heterocycles. The zero-order valence-electron chi connectivity index (χ0n) is 14.6. The molecule has 0 aliphatic heterocycles. The molecule has 132 valence electrons. The first-order valence-electron chi connectivity index (χ1n) is 7.99. The Morgan fingerprint density at radius 1 is 1.38 bits per heavy atom. The fraction of sp³-hybridized carbons (Fsp3) is 0.222. The average molecular weight is 366 g/mol. The summed E-state index contributed by atoms with van der Waals surface area (Å²) in [6.07, 6.45) is 1.62. The number of carbonyl (C=O) groups is 1. The summed E-state index contributed by atoms with van der Waals surface area (Å²) in [6.45, 7) is 5.81. The summed E-state index contributed by atoms with van der Waals surface area (Å²) >= 11 is 1.16. The minimum Gasteiger partial charge on any atom is -0.397 e. The highest BCUT2D eigenvalue weighted by Gasteiger charge is 2.24. The van der Waals surface area contributed by atoms with E-state index in [1.807, 2.05) is 26.8 Å². The van der Waals surface area contributed by atoms with Crippen molar-refractivity contribution in [2.75, 3.05) is 16.8 Å². The number of pyridine rings is 2. The minimum atomic E-state index is -0.365. The van der Waals surface area contributed by atoms with Gasteiger partial charge in [0.1, 0.15) is 27.4 Å². The van der Waals surface area contributed by atoms with Crippen LogP contribution in [0.1, 0.15) is 46.1 Å². The van der Waals surface area contributed by atoms with E-state index in [9.17, 15) is 10.1 Å². The Morgan fingerprint density at radius 3 is 2.73 bits per heavy atom. The van der Waals surface area contributed by atoms with Crippen molar-refractivity contribution in [3.05, 3.63) is 39.9 Å². The molecule has 0 fully saturated rings. The van der Waals surface area contributed by atoms with Crippen LogP contribution in [0, 0.1) is 18.3 Å². The number of aromatic nitrogens is 2. The molecule has 1 amide bonds. The van der Waals surface area contributed by atoms with Crippen molar-refractivity contribution in [3.8, 4) is 6.07 Å². The van der Waals surface area contributed by atoms with Crippen LogP contribution >= 0.6 is 11.3 Å². The molecule has 0 spiro atoms. The van der Waals surface area contributed by atoms with Crippen molar-refractivity contribution in [2.45, 2.75) is 26.7 Å². The van der Waals surface area contributed by atoms with Crippen LogP contribution in [0.3, 0.4) is 0 Å². The highest BCUT2D eigenvalue weighted by molar-refractivity contribution is 7.21. The molecule has 3 rings (SSSR count). The van der Waals surface area contributed by atoms with Gasteiger partial charge >= 0.3 is 0 Å². The van der Waals surface area contributed by atoms with E-state index >= 15 is 0 Å². The van der Waals surface area contributed by atoms with Gasteiger partial charge in [0.15, 0.2) is 0 Å². The quantitative estimate of drug-likeness (QED) is 0.651. The summed E-state index contributed by atoms with van der Waals surface area (Å²) < 4.78 is 0. The molecule has 8 heteroatoms. The number of hydrogen-bond donors (Lipinski definition) is 3. The second-order valence-electron chi connectivity index (χ2n) is 6.25. The first-order chi connectivity index (χ1) is 12.3. The number of aryl methyl sites for hydroxylation is 1. The molecule has 0 saturated carbocycles. The lowest BCUT2D eigenvalue weighted by atomic mass is 9.95. The zero-order chi connectivity index (χ0) is 19.0. The number of amides is 1. The standard InChI is InChI=1S/C18H18N6OS/c1-8(2)12-10(7-19)16(21)24-18-13(12)14(20)15(26-18)17(25)23-11-6-9(3)4-5-22-11/h4-6,8H,20H2,1-3H3,(H2,21,24)(H,22,23,25). The lowest BCUT2D eigenvalue weighted by Gasteiger charge is -2.12. The fourth-order valence-electron chi connectivity index (χ4n) is 2.84. The number of thiophene rings is 1. The van der Waals surface area contributed by atoms with E-state index in [1.54, 1.807) is 12.3 Å². The number of fused-ring (bicyclic) bond motifs is 1. The lowest BCUT2D eigenvalue weighted by molar-refractivity contribution is 0.103. The predicted octanol–water partition coefficient (Wildman–Crippen LogP) is 3.41. The third kappa shape index (κ3) is 2.93. The Kier molecular flexibility index (Phi) is 4.49. The number of hydrogen-bond acceptors (Lipinski definition) is 7. The highest BCUT2D eigenvalue weighted by atomic mass is 32.1. The van der Waals surface area contributed by atoms with E-state index in [-0.39, 0.29) is 17.6 Å². The van der Waals surface area contributed by atoms with Crippen LogP contribution in [0.15, 0.2) is 18.3 Å². The molecule has 0 bridgehead atoms. The topological polar surface area (TPSA) is 131 Å². The molecule has 0 radical (unpaired) electrons. The SMILES string of the molecule is Cc1ccnc(NC(=O)c2sc3nc(N)c(C#N)c(C(C)C)c3c2N)c1. The molecule has 0 aromatic carbocycles. The van der Waals surface area contributed by atoms with Gasteiger partial charge in [-0.25, -0.2) is 9.97 Å². The van der Waals surface area contributed by atoms with E-state index < -0.39 is 0 Å². The van der Waals surface area contributed by atoms with Gasteiger partial charge in [-0.05, 0) is 36.1 Å². The van der Waals surface area contributed by atoms with Gasteiger partial charge in [0.2, 0.25) is 0 Å². The largest absolute Gasteiger partial charge is 0.397 e. The van der Waals surface area contributed by atoms with E-state index in [0.29, 0.717) is 32.2 Å².